The van der Waals surface area contributed by atoms with Crippen LogP contribution in [0, 0.1) is 18.6 Å². The Kier molecular flexibility index (Phi) is 7.54. The van der Waals surface area contributed by atoms with Gasteiger partial charge in [-0.15, -0.1) is 0 Å². The van der Waals surface area contributed by atoms with E-state index >= 15 is 0 Å². The topological polar surface area (TPSA) is 111 Å². The minimum Gasteiger partial charge on any atom is -0.486 e. The van der Waals surface area contributed by atoms with Crippen molar-refractivity contribution in [1.29, 1.82) is 0 Å². The standard InChI is InChI=1S/C29H29F2N5O5S/c1-19-25(33-28(41-19)20-5-3-2-4-6-20)9-14-40-27-26(34-10-12-35(13-11-34)42(38,39)24-7-8-24)18-32-36(29(27)37)23-16-21(30)15-22(31)17-23/h2-6,15-18,24H,7-14H2,1H3. The number of nitrogens with zero attached hydrogens (tertiary/aromatic N) is 5. The molecule has 4 aromatic rings. The van der Waals surface area contributed by atoms with E-state index in [2.05, 4.69) is 10.1 Å². The summed E-state index contributed by atoms with van der Waals surface area (Å²) in [7, 11) is -3.32. The van der Waals surface area contributed by atoms with Crippen LogP contribution in [0.1, 0.15) is 24.3 Å². The molecule has 1 aliphatic heterocycles. The molecule has 10 nitrogen and oxygen atoms in total. The highest BCUT2D eigenvalue weighted by molar-refractivity contribution is 7.90. The van der Waals surface area contributed by atoms with Gasteiger partial charge in [0, 0.05) is 44.2 Å². The van der Waals surface area contributed by atoms with Crippen molar-refractivity contribution in [1.82, 2.24) is 19.1 Å². The van der Waals surface area contributed by atoms with Crippen LogP contribution >= 0.6 is 0 Å². The molecule has 1 saturated carbocycles. The molecular formula is C29H29F2N5O5S. The fourth-order valence-corrected chi connectivity index (χ4v) is 6.84. The molecule has 1 saturated heterocycles. The highest BCUT2D eigenvalue weighted by atomic mass is 32.2. The Hall–Kier alpha value is -4.10. The zero-order valence-corrected chi connectivity index (χ0v) is 23.7. The number of benzene rings is 2. The zero-order valence-electron chi connectivity index (χ0n) is 22.9. The minimum absolute atomic E-state index is 0.0569. The molecule has 0 unspecified atom stereocenters. The molecule has 13 heteroatoms. The quantitative estimate of drug-likeness (QED) is 0.287. The number of aromatic nitrogens is 3. The number of rotatable bonds is 9. The fourth-order valence-electron chi connectivity index (χ4n) is 5.01. The average Bonchev–Trinajstić information content (AvgIpc) is 3.78. The number of oxazole rings is 1. The number of hydrogen-bond acceptors (Lipinski definition) is 8. The van der Waals surface area contributed by atoms with Crippen molar-refractivity contribution in [2.24, 2.45) is 0 Å². The first kappa shape index (κ1) is 28.0. The van der Waals surface area contributed by atoms with Crippen molar-refractivity contribution in [2.45, 2.75) is 31.4 Å². The third-order valence-corrected chi connectivity index (χ3v) is 9.79. The van der Waals surface area contributed by atoms with Gasteiger partial charge in [0.1, 0.15) is 23.1 Å². The van der Waals surface area contributed by atoms with Crippen LogP contribution in [0.2, 0.25) is 0 Å². The molecule has 2 aliphatic rings. The number of anilines is 1. The summed E-state index contributed by atoms with van der Waals surface area (Å²) in [6.07, 6.45) is 3.09. The van der Waals surface area contributed by atoms with Crippen molar-refractivity contribution < 1.29 is 26.4 Å². The van der Waals surface area contributed by atoms with Gasteiger partial charge in [-0.1, -0.05) is 18.2 Å². The van der Waals surface area contributed by atoms with Gasteiger partial charge in [0.05, 0.1) is 29.4 Å². The van der Waals surface area contributed by atoms with Crippen molar-refractivity contribution in [2.75, 3.05) is 37.7 Å². The van der Waals surface area contributed by atoms with E-state index in [1.165, 1.54) is 10.5 Å². The monoisotopic (exact) mass is 597 g/mol. The second kappa shape index (κ2) is 11.3. The average molecular weight is 598 g/mol. The van der Waals surface area contributed by atoms with E-state index in [0.717, 1.165) is 22.4 Å². The molecule has 42 heavy (non-hydrogen) atoms. The van der Waals surface area contributed by atoms with Gasteiger partial charge in [0.2, 0.25) is 21.7 Å². The van der Waals surface area contributed by atoms with Gasteiger partial charge in [0.25, 0.3) is 0 Å². The Morgan fingerprint density at radius 2 is 1.71 bits per heavy atom. The Labute approximate surface area is 241 Å². The normalized spacial score (nSPS) is 16.1. The van der Waals surface area contributed by atoms with Crippen LogP contribution in [0.4, 0.5) is 14.5 Å². The van der Waals surface area contributed by atoms with E-state index in [9.17, 15) is 22.0 Å². The number of ether oxygens (including phenoxy) is 1. The van der Waals surface area contributed by atoms with Crippen molar-refractivity contribution >= 4 is 15.7 Å². The first-order valence-electron chi connectivity index (χ1n) is 13.7. The van der Waals surface area contributed by atoms with Crippen LogP contribution in [0.3, 0.4) is 0 Å². The third kappa shape index (κ3) is 5.66. The number of aryl methyl sites for hydroxylation is 1. The van der Waals surface area contributed by atoms with E-state index in [1.54, 1.807) is 6.92 Å². The van der Waals surface area contributed by atoms with Gasteiger partial charge < -0.3 is 14.1 Å². The van der Waals surface area contributed by atoms with E-state index in [0.29, 0.717) is 61.5 Å². The first-order valence-corrected chi connectivity index (χ1v) is 15.2. The largest absolute Gasteiger partial charge is 0.486 e. The SMILES string of the molecule is Cc1oc(-c2ccccc2)nc1CCOc1c(N2CCN(S(=O)(=O)C3CC3)CC2)cnn(-c2cc(F)cc(F)c2)c1=O. The second-order valence-electron chi connectivity index (χ2n) is 10.3. The number of piperazine rings is 1. The molecule has 6 rings (SSSR count). The summed E-state index contributed by atoms with van der Waals surface area (Å²) in [5.74, 6) is -0.671. The summed E-state index contributed by atoms with van der Waals surface area (Å²) >= 11 is 0. The van der Waals surface area contributed by atoms with Gasteiger partial charge in [-0.2, -0.15) is 14.1 Å². The van der Waals surface area contributed by atoms with E-state index in [-0.39, 0.29) is 36.4 Å². The zero-order chi connectivity index (χ0) is 29.4. The highest BCUT2D eigenvalue weighted by Crippen LogP contribution is 2.33. The summed E-state index contributed by atoms with van der Waals surface area (Å²) in [5.41, 5.74) is 1.08. The predicted molar refractivity (Wildman–Crippen MR) is 151 cm³/mol. The maximum atomic E-state index is 14.0. The van der Waals surface area contributed by atoms with E-state index < -0.39 is 27.2 Å². The molecule has 1 aliphatic carbocycles. The van der Waals surface area contributed by atoms with Crippen molar-refractivity contribution in [3.63, 3.8) is 0 Å². The smallest absolute Gasteiger partial charge is 0.316 e. The molecule has 0 bridgehead atoms. The summed E-state index contributed by atoms with van der Waals surface area (Å²) in [5, 5.41) is 3.88. The molecule has 0 atom stereocenters. The van der Waals surface area contributed by atoms with Gasteiger partial charge in [-0.05, 0) is 44.0 Å². The van der Waals surface area contributed by atoms with Crippen LogP contribution in [0.5, 0.6) is 5.75 Å². The molecule has 0 amide bonds. The van der Waals surface area contributed by atoms with Crippen LogP contribution in [-0.2, 0) is 16.4 Å². The molecule has 0 N–H and O–H groups in total. The van der Waals surface area contributed by atoms with Crippen LogP contribution in [0.15, 0.2) is 63.9 Å². The lowest BCUT2D eigenvalue weighted by Gasteiger charge is -2.35. The second-order valence-corrected chi connectivity index (χ2v) is 12.5. The number of halogens is 2. The Morgan fingerprint density at radius 1 is 1.02 bits per heavy atom. The van der Waals surface area contributed by atoms with E-state index in [1.807, 2.05) is 35.2 Å². The predicted octanol–water partition coefficient (Wildman–Crippen LogP) is 3.71. The number of sulfonamides is 1. The Morgan fingerprint density at radius 3 is 2.38 bits per heavy atom. The van der Waals surface area contributed by atoms with Gasteiger partial charge in [-0.3, -0.25) is 4.79 Å². The van der Waals surface area contributed by atoms with Gasteiger partial charge in [0.15, 0.2) is 0 Å². The molecule has 2 fully saturated rings. The van der Waals surface area contributed by atoms with Gasteiger partial charge in [-0.25, -0.2) is 22.2 Å². The maximum Gasteiger partial charge on any atom is 0.316 e. The fraction of sp³-hybridized carbons (Fsp3) is 0.345. The molecule has 3 heterocycles. The Balaban J connectivity index is 1.26. The first-order chi connectivity index (χ1) is 20.2. The van der Waals surface area contributed by atoms with Crippen molar-refractivity contribution in [3.8, 4) is 22.9 Å². The molecule has 0 radical (unpaired) electrons. The third-order valence-electron chi connectivity index (χ3n) is 7.39. The van der Waals surface area contributed by atoms with Crippen LogP contribution in [-0.4, -0.2) is 65.5 Å². The molecular weight excluding hydrogens is 568 g/mol. The summed E-state index contributed by atoms with van der Waals surface area (Å²) in [4.78, 5) is 20.1. The molecule has 0 spiro atoms. The summed E-state index contributed by atoms with van der Waals surface area (Å²) in [6, 6.07) is 12.2. The van der Waals surface area contributed by atoms with Crippen LogP contribution < -0.4 is 15.2 Å². The highest BCUT2D eigenvalue weighted by Gasteiger charge is 2.41. The van der Waals surface area contributed by atoms with Gasteiger partial charge >= 0.3 is 5.56 Å². The summed E-state index contributed by atoms with van der Waals surface area (Å²) < 4.78 is 67.6. The number of hydrogen-bond donors (Lipinski definition) is 0. The molecule has 2 aromatic carbocycles. The van der Waals surface area contributed by atoms with E-state index in [4.69, 9.17) is 9.15 Å². The lowest BCUT2D eigenvalue weighted by Crippen LogP contribution is -2.50. The maximum absolute atomic E-state index is 14.0. The lowest BCUT2D eigenvalue weighted by molar-refractivity contribution is 0.311. The Bertz CT molecular complexity index is 1740. The molecule has 2 aromatic heterocycles. The summed E-state index contributed by atoms with van der Waals surface area (Å²) in [6.45, 7) is 3.03. The lowest BCUT2D eigenvalue weighted by atomic mass is 10.2. The van der Waals surface area contributed by atoms with Crippen LogP contribution in [0.25, 0.3) is 17.1 Å². The van der Waals surface area contributed by atoms with Crippen molar-refractivity contribution in [3.05, 3.63) is 88.2 Å². The minimum atomic E-state index is -3.32. The molecule has 220 valence electrons.